The summed E-state index contributed by atoms with van der Waals surface area (Å²) in [6, 6.07) is 0. The van der Waals surface area contributed by atoms with Gasteiger partial charge < -0.3 is 18.9 Å². The second-order valence-corrected chi connectivity index (χ2v) is 23.6. The van der Waals surface area contributed by atoms with Crippen LogP contribution < -0.4 is 0 Å². The zero-order valence-corrected chi connectivity index (χ0v) is 47.7. The topological polar surface area (TPSA) is 108 Å². The van der Waals surface area contributed by atoms with Gasteiger partial charge in [-0.25, -0.2) is 4.57 Å². The molecule has 0 saturated heterocycles. The lowest BCUT2D eigenvalue weighted by Crippen LogP contribution is -2.37. The maximum Gasteiger partial charge on any atom is 0.472 e. The molecule has 0 amide bonds. The average molecular weight is 1000 g/mol. The van der Waals surface area contributed by atoms with Crippen molar-refractivity contribution in [2.24, 2.45) is 0 Å². The standard InChI is InChI=1S/C59H118NO8P/c1-6-8-10-12-14-16-18-20-22-24-25-26-27-28-29-30-31-32-33-34-35-36-38-40-42-44-46-48-50-52-59(62)68-57(56-67-69(63,64)66-54-53-60(3,4)5)55-65-58(61)51-49-47-45-43-41-39-37-23-21-19-17-15-13-11-9-7-2/h57H,6-56H2,1-5H3/p+1. The quantitative estimate of drug-likeness (QED) is 0.0278. The van der Waals surface area contributed by atoms with Gasteiger partial charge in [0, 0.05) is 12.8 Å². The fraction of sp³-hybridized carbons (Fsp3) is 0.966. The van der Waals surface area contributed by atoms with Crippen LogP contribution in [0.15, 0.2) is 0 Å². The first-order chi connectivity index (χ1) is 33.5. The highest BCUT2D eigenvalue weighted by molar-refractivity contribution is 7.47. The number of hydrogen-bond acceptors (Lipinski definition) is 7. The molecule has 0 saturated carbocycles. The van der Waals surface area contributed by atoms with E-state index in [1.807, 2.05) is 21.1 Å². The van der Waals surface area contributed by atoms with Crippen molar-refractivity contribution in [1.82, 2.24) is 0 Å². The molecule has 0 rings (SSSR count). The molecule has 412 valence electrons. The van der Waals surface area contributed by atoms with Crippen molar-refractivity contribution < 1.29 is 42.1 Å². The predicted molar refractivity (Wildman–Crippen MR) is 294 cm³/mol. The van der Waals surface area contributed by atoms with E-state index in [-0.39, 0.29) is 25.6 Å². The fourth-order valence-corrected chi connectivity index (χ4v) is 9.94. The van der Waals surface area contributed by atoms with Crippen LogP contribution in [0.1, 0.15) is 316 Å². The number of nitrogens with zero attached hydrogens (tertiary/aromatic N) is 1. The predicted octanol–water partition coefficient (Wildman–Crippen LogP) is 18.7. The van der Waals surface area contributed by atoms with Crippen LogP contribution in [0.5, 0.6) is 0 Å². The van der Waals surface area contributed by atoms with Gasteiger partial charge in [-0.1, -0.05) is 290 Å². The third-order valence-electron chi connectivity index (χ3n) is 13.9. The lowest BCUT2D eigenvalue weighted by molar-refractivity contribution is -0.870. The molecule has 0 aliphatic rings. The Bertz CT molecular complexity index is 1130. The van der Waals surface area contributed by atoms with Crippen LogP contribution in [0.3, 0.4) is 0 Å². The molecule has 1 N–H and O–H groups in total. The van der Waals surface area contributed by atoms with Gasteiger partial charge in [-0.2, -0.15) is 0 Å². The van der Waals surface area contributed by atoms with Crippen LogP contribution in [-0.4, -0.2) is 74.9 Å². The number of ether oxygens (including phenoxy) is 2. The molecular weight excluding hydrogens is 882 g/mol. The lowest BCUT2D eigenvalue weighted by Gasteiger charge is -2.24. The number of carbonyl (C=O) groups excluding carboxylic acids is 2. The molecule has 9 nitrogen and oxygen atoms in total. The monoisotopic (exact) mass is 1000 g/mol. The van der Waals surface area contributed by atoms with Crippen LogP contribution in [0.4, 0.5) is 0 Å². The molecule has 10 heteroatoms. The Balaban J connectivity index is 4.02. The number of phosphoric ester groups is 1. The summed E-state index contributed by atoms with van der Waals surface area (Å²) in [6.07, 6.45) is 59.0. The highest BCUT2D eigenvalue weighted by Gasteiger charge is 2.27. The second-order valence-electron chi connectivity index (χ2n) is 22.1. The summed E-state index contributed by atoms with van der Waals surface area (Å²) >= 11 is 0. The molecule has 0 fully saturated rings. The highest BCUT2D eigenvalue weighted by Crippen LogP contribution is 2.43. The molecule has 2 atom stereocenters. The van der Waals surface area contributed by atoms with Gasteiger partial charge in [-0.3, -0.25) is 18.6 Å². The first-order valence-electron chi connectivity index (χ1n) is 30.3. The minimum Gasteiger partial charge on any atom is -0.462 e. The summed E-state index contributed by atoms with van der Waals surface area (Å²) in [6.45, 7) is 4.51. The smallest absolute Gasteiger partial charge is 0.462 e. The number of unbranched alkanes of at least 4 members (excludes halogenated alkanes) is 43. The largest absolute Gasteiger partial charge is 0.472 e. The molecule has 0 heterocycles. The Morgan fingerprint density at radius 1 is 0.391 bits per heavy atom. The summed E-state index contributed by atoms with van der Waals surface area (Å²) in [5.74, 6) is -0.773. The van der Waals surface area contributed by atoms with Crippen LogP contribution in [0.2, 0.25) is 0 Å². The SMILES string of the molecule is CCCCCCCCCCCCCCCCCCCCCCCCCCCCCCCC(=O)OC(COC(=O)CCCCCCCCCCCCCCCCCC)COP(=O)(O)OCC[N+](C)(C)C. The average Bonchev–Trinajstić information content (AvgIpc) is 3.31. The number of quaternary nitrogens is 1. The van der Waals surface area contributed by atoms with Crippen molar-refractivity contribution in [3.05, 3.63) is 0 Å². The normalized spacial score (nSPS) is 13.2. The number of likely N-dealkylation sites (N-methyl/N-ethyl adjacent to an activating group) is 1. The van der Waals surface area contributed by atoms with Crippen LogP contribution >= 0.6 is 7.82 Å². The Morgan fingerprint density at radius 2 is 0.652 bits per heavy atom. The van der Waals surface area contributed by atoms with Crippen LogP contribution in [0, 0.1) is 0 Å². The van der Waals surface area contributed by atoms with E-state index in [1.54, 1.807) is 0 Å². The van der Waals surface area contributed by atoms with Gasteiger partial charge in [0.1, 0.15) is 19.8 Å². The maximum atomic E-state index is 12.8. The Hall–Kier alpha value is -0.990. The van der Waals surface area contributed by atoms with Gasteiger partial charge >= 0.3 is 19.8 Å². The van der Waals surface area contributed by atoms with E-state index in [2.05, 4.69) is 13.8 Å². The lowest BCUT2D eigenvalue weighted by atomic mass is 10.0. The van der Waals surface area contributed by atoms with Crippen LogP contribution in [-0.2, 0) is 32.7 Å². The fourth-order valence-electron chi connectivity index (χ4n) is 9.20. The van der Waals surface area contributed by atoms with E-state index in [9.17, 15) is 19.0 Å². The second kappa shape index (κ2) is 51.9. The molecule has 0 aliphatic heterocycles. The number of rotatable bonds is 57. The van der Waals surface area contributed by atoms with Crippen molar-refractivity contribution in [2.75, 3.05) is 47.5 Å². The summed E-state index contributed by atoms with van der Waals surface area (Å²) in [5, 5.41) is 0. The van der Waals surface area contributed by atoms with Gasteiger partial charge in [0.05, 0.1) is 27.7 Å². The molecule has 69 heavy (non-hydrogen) atoms. The molecule has 0 radical (unpaired) electrons. The van der Waals surface area contributed by atoms with Gasteiger partial charge in [-0.05, 0) is 12.8 Å². The van der Waals surface area contributed by atoms with Gasteiger partial charge in [0.25, 0.3) is 0 Å². The maximum absolute atomic E-state index is 12.8. The first-order valence-corrected chi connectivity index (χ1v) is 31.8. The molecule has 0 aliphatic carbocycles. The molecule has 0 aromatic carbocycles. The van der Waals surface area contributed by atoms with E-state index in [1.165, 1.54) is 250 Å². The van der Waals surface area contributed by atoms with E-state index >= 15 is 0 Å². The third kappa shape index (κ3) is 56.2. The Labute approximate surface area is 429 Å². The van der Waals surface area contributed by atoms with Gasteiger partial charge in [-0.15, -0.1) is 0 Å². The molecule has 0 aromatic heterocycles. The number of hydrogen-bond donors (Lipinski definition) is 1. The summed E-state index contributed by atoms with van der Waals surface area (Å²) in [4.78, 5) is 35.7. The van der Waals surface area contributed by atoms with Gasteiger partial charge in [0.2, 0.25) is 0 Å². The zero-order valence-electron chi connectivity index (χ0n) is 46.8. The molecule has 0 aromatic rings. The molecular formula is C59H119NO8P+. The molecule has 0 bridgehead atoms. The minimum absolute atomic E-state index is 0.0374. The van der Waals surface area contributed by atoms with E-state index < -0.39 is 26.5 Å². The Morgan fingerprint density at radius 3 is 0.928 bits per heavy atom. The molecule has 2 unspecified atom stereocenters. The van der Waals surface area contributed by atoms with Crippen molar-refractivity contribution >= 4 is 19.8 Å². The zero-order chi connectivity index (χ0) is 50.6. The van der Waals surface area contributed by atoms with Crippen molar-refractivity contribution in [2.45, 2.75) is 322 Å². The van der Waals surface area contributed by atoms with E-state index in [0.29, 0.717) is 17.4 Å². The molecule has 0 spiro atoms. The Kier molecular flexibility index (Phi) is 51.1. The summed E-state index contributed by atoms with van der Waals surface area (Å²) in [7, 11) is 1.50. The number of esters is 2. The van der Waals surface area contributed by atoms with Gasteiger partial charge in [0.15, 0.2) is 6.10 Å². The van der Waals surface area contributed by atoms with Crippen molar-refractivity contribution in [3.63, 3.8) is 0 Å². The van der Waals surface area contributed by atoms with E-state index in [4.69, 9.17) is 18.5 Å². The number of carbonyl (C=O) groups is 2. The summed E-state index contributed by atoms with van der Waals surface area (Å²) in [5.41, 5.74) is 0. The minimum atomic E-state index is -4.38. The first kappa shape index (κ1) is 68.0. The van der Waals surface area contributed by atoms with Crippen LogP contribution in [0.25, 0.3) is 0 Å². The number of phosphoric acid groups is 1. The van der Waals surface area contributed by atoms with Crippen molar-refractivity contribution in [3.8, 4) is 0 Å². The summed E-state index contributed by atoms with van der Waals surface area (Å²) < 4.78 is 34.6. The van der Waals surface area contributed by atoms with E-state index in [0.717, 1.165) is 38.5 Å². The third-order valence-corrected chi connectivity index (χ3v) is 14.9. The highest BCUT2D eigenvalue weighted by atomic mass is 31.2. The van der Waals surface area contributed by atoms with Crippen molar-refractivity contribution in [1.29, 1.82) is 0 Å².